The largest absolute Gasteiger partial charge is 0.471 e. The van der Waals surface area contributed by atoms with Crippen molar-refractivity contribution in [1.29, 1.82) is 0 Å². The summed E-state index contributed by atoms with van der Waals surface area (Å²) in [6.45, 7) is 3.80. The van der Waals surface area contributed by atoms with Crippen LogP contribution in [0.25, 0.3) is 11.1 Å². The van der Waals surface area contributed by atoms with Crippen LogP contribution in [-0.4, -0.2) is 82.4 Å². The first-order chi connectivity index (χ1) is 24.0. The van der Waals surface area contributed by atoms with Crippen LogP contribution in [0.4, 0.5) is 13.2 Å². The third-order valence-corrected chi connectivity index (χ3v) is 10.2. The number of rotatable bonds is 10. The Morgan fingerprint density at radius 1 is 0.880 bits per heavy atom. The summed E-state index contributed by atoms with van der Waals surface area (Å²) >= 11 is 0. The van der Waals surface area contributed by atoms with E-state index in [2.05, 4.69) is 17.1 Å². The van der Waals surface area contributed by atoms with E-state index in [1.807, 2.05) is 72.8 Å². The number of aliphatic hydroxyl groups excluding tert-OH is 2. The number of likely N-dealkylation sites (tertiary alicyclic amines) is 2. The molecule has 6 unspecified atom stereocenters. The van der Waals surface area contributed by atoms with Crippen molar-refractivity contribution in [3.8, 4) is 11.1 Å². The van der Waals surface area contributed by atoms with Crippen LogP contribution in [0, 0.1) is 5.92 Å². The maximum absolute atomic E-state index is 13.0. The minimum atomic E-state index is -5.02. The number of alkyl halides is 3. The Balaban J connectivity index is 1.15. The summed E-state index contributed by atoms with van der Waals surface area (Å²) in [5, 5.41) is 22.2. The van der Waals surface area contributed by atoms with Gasteiger partial charge in [-0.15, -0.1) is 0 Å². The van der Waals surface area contributed by atoms with Crippen molar-refractivity contribution in [3.63, 3.8) is 0 Å². The lowest BCUT2D eigenvalue weighted by atomic mass is 9.89. The molecule has 3 saturated heterocycles. The smallest absolute Gasteiger partial charge is 0.395 e. The molecule has 0 saturated carbocycles. The first kappa shape index (κ1) is 36.0. The van der Waals surface area contributed by atoms with E-state index < -0.39 is 30.3 Å². The van der Waals surface area contributed by atoms with E-state index in [1.165, 1.54) is 0 Å². The lowest BCUT2D eigenvalue weighted by Crippen LogP contribution is -2.50. The van der Waals surface area contributed by atoms with Crippen molar-refractivity contribution in [3.05, 3.63) is 95.1 Å². The third-order valence-electron chi connectivity index (χ3n) is 10.2. The number of nitrogens with one attached hydrogen (secondary N) is 1. The number of ether oxygens (including phenoxy) is 2. The number of carbonyl (C=O) groups excluding carboxylic acids is 2. The molecule has 3 aliphatic rings. The van der Waals surface area contributed by atoms with Gasteiger partial charge in [0, 0.05) is 37.2 Å². The summed E-state index contributed by atoms with van der Waals surface area (Å²) in [6.07, 6.45) is -3.54. The van der Waals surface area contributed by atoms with Crippen molar-refractivity contribution < 1.29 is 42.4 Å². The molecule has 0 aliphatic carbocycles. The highest BCUT2D eigenvalue weighted by molar-refractivity contribution is 5.90. The fourth-order valence-electron chi connectivity index (χ4n) is 7.35. The van der Waals surface area contributed by atoms with Crippen LogP contribution in [0.15, 0.2) is 72.8 Å². The Labute approximate surface area is 290 Å². The lowest BCUT2D eigenvalue weighted by Gasteiger charge is -2.43. The van der Waals surface area contributed by atoms with Crippen LogP contribution in [0.2, 0.25) is 0 Å². The zero-order chi connectivity index (χ0) is 35.4. The fourth-order valence-corrected chi connectivity index (χ4v) is 7.35. The van der Waals surface area contributed by atoms with Gasteiger partial charge >= 0.3 is 12.1 Å². The molecule has 0 radical (unpaired) electrons. The number of aliphatic hydroxyl groups is 2. The molecule has 0 aromatic heterocycles. The van der Waals surface area contributed by atoms with Gasteiger partial charge in [-0.3, -0.25) is 14.5 Å². The molecule has 12 heteroatoms. The Morgan fingerprint density at radius 3 is 2.30 bits per heavy atom. The van der Waals surface area contributed by atoms with Crippen LogP contribution in [0.5, 0.6) is 0 Å². The molecule has 3 aromatic carbocycles. The molecule has 9 nitrogen and oxygen atoms in total. The molecule has 0 bridgehead atoms. The number of carbonyl (C=O) groups is 2. The van der Waals surface area contributed by atoms with E-state index >= 15 is 0 Å². The number of benzene rings is 3. The topological polar surface area (TPSA) is 112 Å². The molecular formula is C38H44F3N3O6. The first-order valence-electron chi connectivity index (χ1n) is 17.3. The molecule has 3 heterocycles. The van der Waals surface area contributed by atoms with E-state index in [0.717, 1.165) is 52.8 Å². The second kappa shape index (κ2) is 15.6. The van der Waals surface area contributed by atoms with Gasteiger partial charge in [-0.1, -0.05) is 73.7 Å². The number of amides is 2. The Morgan fingerprint density at radius 2 is 1.60 bits per heavy atom. The second-order valence-electron chi connectivity index (χ2n) is 13.5. The van der Waals surface area contributed by atoms with Crippen LogP contribution in [-0.2, 0) is 32.2 Å². The van der Waals surface area contributed by atoms with Gasteiger partial charge in [0.2, 0.25) is 5.91 Å². The minimum absolute atomic E-state index is 0.0237. The molecule has 6 rings (SSSR count). The van der Waals surface area contributed by atoms with Crippen molar-refractivity contribution >= 4 is 11.8 Å². The Hall–Kier alpha value is -3.81. The average molecular weight is 696 g/mol. The average Bonchev–Trinajstić information content (AvgIpc) is 3.81. The Kier molecular flexibility index (Phi) is 11.2. The van der Waals surface area contributed by atoms with Crippen molar-refractivity contribution in [2.24, 2.45) is 5.92 Å². The van der Waals surface area contributed by atoms with Gasteiger partial charge in [0.15, 0.2) is 6.29 Å². The maximum Gasteiger partial charge on any atom is 0.471 e. The van der Waals surface area contributed by atoms with Crippen LogP contribution in [0.1, 0.15) is 67.3 Å². The summed E-state index contributed by atoms with van der Waals surface area (Å²) in [7, 11) is 0. The molecule has 3 N–H and O–H groups in total. The predicted molar refractivity (Wildman–Crippen MR) is 179 cm³/mol. The normalized spacial score (nSPS) is 25.9. The van der Waals surface area contributed by atoms with Crippen LogP contribution in [0.3, 0.4) is 0 Å². The van der Waals surface area contributed by atoms with E-state index in [9.17, 15) is 33.0 Å². The molecule has 0 spiro atoms. The van der Waals surface area contributed by atoms with Gasteiger partial charge in [-0.25, -0.2) is 0 Å². The molecule has 268 valence electrons. The summed E-state index contributed by atoms with van der Waals surface area (Å²) in [6, 6.07) is 22.2. The van der Waals surface area contributed by atoms with Crippen molar-refractivity contribution in [2.75, 3.05) is 26.2 Å². The van der Waals surface area contributed by atoms with Gasteiger partial charge in [0.25, 0.3) is 0 Å². The molecule has 3 aromatic rings. The maximum atomic E-state index is 13.0. The number of hydrogen-bond donors (Lipinski definition) is 3. The highest BCUT2D eigenvalue weighted by atomic mass is 19.4. The summed E-state index contributed by atoms with van der Waals surface area (Å²) in [4.78, 5) is 27.5. The molecule has 3 aliphatic heterocycles. The number of hydrogen-bond acceptors (Lipinski definition) is 7. The van der Waals surface area contributed by atoms with Crippen molar-refractivity contribution in [1.82, 2.24) is 15.1 Å². The second-order valence-corrected chi connectivity index (χ2v) is 13.5. The van der Waals surface area contributed by atoms with Gasteiger partial charge in [-0.2, -0.15) is 13.2 Å². The van der Waals surface area contributed by atoms with E-state index in [-0.39, 0.29) is 56.9 Å². The summed E-state index contributed by atoms with van der Waals surface area (Å²) < 4.78 is 52.3. The first-order valence-corrected chi connectivity index (χ1v) is 17.3. The highest BCUT2D eigenvalue weighted by Gasteiger charge is 2.47. The molecular weight excluding hydrogens is 651 g/mol. The third kappa shape index (κ3) is 8.05. The summed E-state index contributed by atoms with van der Waals surface area (Å²) in [5.41, 5.74) is 5.24. The zero-order valence-electron chi connectivity index (χ0n) is 28.0. The monoisotopic (exact) mass is 695 g/mol. The summed E-state index contributed by atoms with van der Waals surface area (Å²) in [5.74, 6) is -2.56. The van der Waals surface area contributed by atoms with Gasteiger partial charge in [0.1, 0.15) is 6.04 Å². The number of halogens is 3. The molecule has 2 amide bonds. The highest BCUT2D eigenvalue weighted by Crippen LogP contribution is 2.42. The van der Waals surface area contributed by atoms with E-state index in [1.54, 1.807) is 0 Å². The zero-order valence-corrected chi connectivity index (χ0v) is 28.0. The van der Waals surface area contributed by atoms with E-state index in [0.29, 0.717) is 17.9 Å². The number of nitrogens with zero attached hydrogens (tertiary/aromatic N) is 2. The van der Waals surface area contributed by atoms with Gasteiger partial charge < -0.3 is 29.9 Å². The van der Waals surface area contributed by atoms with E-state index in [4.69, 9.17) is 9.47 Å². The quantitative estimate of drug-likeness (QED) is 0.265. The molecule has 3 fully saturated rings. The molecule has 6 atom stereocenters. The standard InChI is InChI=1S/C38H44F3N3O6/c1-24-33(21-43-17-3-7-31(43)23-46)49-36(50-34(24)28-11-9-25(22-45)10-12-28)29-15-13-27(14-16-29)30-6-2-5-26(19-30)20-42-35(47)32-8-4-18-44(32)37(48)38(39,40)41/h2,5-6,9-16,19,24,31-34,36,45-46H,3-4,7-8,17-18,20-23H2,1H3,(H,42,47). The SMILES string of the molecule is CC1C(CN2CCCC2CO)OC(c2ccc(-c3cccc(CNC(=O)C4CCCN4C(=O)C(F)(F)F)c3)cc2)OC1c1ccc(CO)cc1. The van der Waals surface area contributed by atoms with Crippen molar-refractivity contribution in [2.45, 2.75) is 82.5 Å². The van der Waals surface area contributed by atoms with Gasteiger partial charge in [0.05, 0.1) is 25.4 Å². The van der Waals surface area contributed by atoms with Crippen LogP contribution >= 0.6 is 0 Å². The van der Waals surface area contributed by atoms with Gasteiger partial charge in [-0.05, 0) is 66.1 Å². The fraction of sp³-hybridized carbons (Fsp3) is 0.474. The lowest BCUT2D eigenvalue weighted by molar-refractivity contribution is -0.276. The molecule has 50 heavy (non-hydrogen) atoms. The Bertz CT molecular complexity index is 1620. The van der Waals surface area contributed by atoms with Crippen LogP contribution < -0.4 is 5.32 Å². The predicted octanol–water partition coefficient (Wildman–Crippen LogP) is 5.26. The minimum Gasteiger partial charge on any atom is -0.395 e.